The Morgan fingerprint density at radius 2 is 2.03 bits per heavy atom. The molecule has 3 aliphatic rings. The summed E-state index contributed by atoms with van der Waals surface area (Å²) in [5.74, 6) is 2.41. The molecular weight excluding hydrogens is 392 g/mol. The lowest BCUT2D eigenvalue weighted by Gasteiger charge is -2.39. The SMILES string of the molecule is COCCCN1CCOC2=CC=C(CO[C@H]3CNCCC3c3ccc(OC)cc3)CC21. The van der Waals surface area contributed by atoms with E-state index >= 15 is 0 Å². The van der Waals surface area contributed by atoms with Gasteiger partial charge in [0.2, 0.25) is 0 Å². The predicted octanol–water partition coefficient (Wildman–Crippen LogP) is 3.11. The average molecular weight is 429 g/mol. The maximum atomic E-state index is 6.49. The third-order valence-corrected chi connectivity index (χ3v) is 6.60. The zero-order valence-corrected chi connectivity index (χ0v) is 18.8. The summed E-state index contributed by atoms with van der Waals surface area (Å²) in [4.78, 5) is 2.53. The first-order valence-electron chi connectivity index (χ1n) is 11.5. The molecule has 6 nitrogen and oxygen atoms in total. The fourth-order valence-corrected chi connectivity index (χ4v) is 4.86. The molecule has 1 N–H and O–H groups in total. The normalized spacial score (nSPS) is 26.5. The molecule has 2 fully saturated rings. The second-order valence-corrected chi connectivity index (χ2v) is 8.57. The fourth-order valence-electron chi connectivity index (χ4n) is 4.86. The Hall–Kier alpha value is -1.86. The molecule has 0 amide bonds. The van der Waals surface area contributed by atoms with Crippen LogP contribution in [0, 0.1) is 0 Å². The molecular formula is C25H36N2O4. The van der Waals surface area contributed by atoms with Gasteiger partial charge in [0.25, 0.3) is 0 Å². The summed E-state index contributed by atoms with van der Waals surface area (Å²) in [7, 11) is 3.47. The fraction of sp³-hybridized carbons (Fsp3) is 0.600. The first kappa shape index (κ1) is 22.3. The molecule has 31 heavy (non-hydrogen) atoms. The van der Waals surface area contributed by atoms with Crippen molar-refractivity contribution in [3.05, 3.63) is 53.3 Å². The van der Waals surface area contributed by atoms with Crippen LogP contribution in [0.2, 0.25) is 0 Å². The number of ether oxygens (including phenoxy) is 4. The van der Waals surface area contributed by atoms with Crippen LogP contribution in [-0.4, -0.2) is 77.3 Å². The largest absolute Gasteiger partial charge is 0.497 e. The number of nitrogens with zero attached hydrogens (tertiary/aromatic N) is 1. The highest BCUT2D eigenvalue weighted by atomic mass is 16.5. The van der Waals surface area contributed by atoms with Gasteiger partial charge in [-0.05, 0) is 55.2 Å². The van der Waals surface area contributed by atoms with Gasteiger partial charge in [0, 0.05) is 39.3 Å². The third-order valence-electron chi connectivity index (χ3n) is 6.60. The Balaban J connectivity index is 1.36. The van der Waals surface area contributed by atoms with Crippen LogP contribution in [-0.2, 0) is 14.2 Å². The van der Waals surface area contributed by atoms with E-state index in [2.05, 4.69) is 34.5 Å². The molecule has 0 aromatic heterocycles. The van der Waals surface area contributed by atoms with E-state index in [1.165, 1.54) is 11.1 Å². The van der Waals surface area contributed by atoms with Gasteiger partial charge in [-0.1, -0.05) is 18.2 Å². The van der Waals surface area contributed by atoms with Gasteiger partial charge in [0.1, 0.15) is 18.1 Å². The van der Waals surface area contributed by atoms with Crippen molar-refractivity contribution in [2.45, 2.75) is 37.3 Å². The van der Waals surface area contributed by atoms with Crippen LogP contribution in [0.4, 0.5) is 0 Å². The number of methoxy groups -OCH3 is 2. The minimum absolute atomic E-state index is 0.175. The number of fused-ring (bicyclic) bond motifs is 1. The maximum Gasteiger partial charge on any atom is 0.118 e. The number of allylic oxidation sites excluding steroid dienone is 2. The second kappa shape index (κ2) is 11.1. The van der Waals surface area contributed by atoms with Crippen LogP contribution in [0.25, 0.3) is 0 Å². The smallest absolute Gasteiger partial charge is 0.118 e. The van der Waals surface area contributed by atoms with Gasteiger partial charge in [-0.15, -0.1) is 0 Å². The van der Waals surface area contributed by atoms with Crippen molar-refractivity contribution >= 4 is 0 Å². The zero-order valence-electron chi connectivity index (χ0n) is 18.8. The highest BCUT2D eigenvalue weighted by molar-refractivity contribution is 5.31. The van der Waals surface area contributed by atoms with Crippen LogP contribution < -0.4 is 10.1 Å². The van der Waals surface area contributed by atoms with Gasteiger partial charge < -0.3 is 24.3 Å². The van der Waals surface area contributed by atoms with Gasteiger partial charge in [-0.2, -0.15) is 0 Å². The molecule has 2 heterocycles. The number of hydrogen-bond donors (Lipinski definition) is 1. The molecule has 1 aromatic rings. The van der Waals surface area contributed by atoms with Crippen LogP contribution in [0.5, 0.6) is 5.75 Å². The van der Waals surface area contributed by atoms with E-state index in [0.29, 0.717) is 18.6 Å². The Labute approximate surface area is 186 Å². The van der Waals surface area contributed by atoms with Crippen LogP contribution in [0.3, 0.4) is 0 Å². The van der Waals surface area contributed by atoms with Crippen molar-refractivity contribution in [1.82, 2.24) is 10.2 Å². The number of hydrogen-bond acceptors (Lipinski definition) is 6. The third kappa shape index (κ3) is 5.69. The minimum atomic E-state index is 0.175. The Morgan fingerprint density at radius 1 is 1.16 bits per heavy atom. The second-order valence-electron chi connectivity index (χ2n) is 8.57. The van der Waals surface area contributed by atoms with Crippen molar-refractivity contribution in [2.24, 2.45) is 0 Å². The van der Waals surface area contributed by atoms with E-state index in [1.54, 1.807) is 14.2 Å². The van der Waals surface area contributed by atoms with Crippen molar-refractivity contribution < 1.29 is 18.9 Å². The Bertz CT molecular complexity index is 761. The number of rotatable bonds is 9. The Kier molecular flexibility index (Phi) is 8.03. The molecule has 4 rings (SSSR count). The highest BCUT2D eigenvalue weighted by Gasteiger charge is 2.32. The summed E-state index contributed by atoms with van der Waals surface area (Å²) in [5, 5.41) is 3.50. The molecule has 2 saturated heterocycles. The lowest BCUT2D eigenvalue weighted by atomic mass is 9.87. The van der Waals surface area contributed by atoms with Gasteiger partial charge in [-0.3, -0.25) is 4.90 Å². The molecule has 2 aliphatic heterocycles. The summed E-state index contributed by atoms with van der Waals surface area (Å²) < 4.78 is 23.0. The number of nitrogens with one attached hydrogen (secondary N) is 1. The lowest BCUT2D eigenvalue weighted by Crippen LogP contribution is -2.46. The zero-order chi connectivity index (χ0) is 21.5. The summed E-state index contributed by atoms with van der Waals surface area (Å²) in [5.41, 5.74) is 2.67. The number of benzene rings is 1. The molecule has 0 bridgehead atoms. The van der Waals surface area contributed by atoms with Crippen LogP contribution in [0.1, 0.15) is 30.7 Å². The first-order valence-corrected chi connectivity index (χ1v) is 11.5. The molecule has 2 unspecified atom stereocenters. The number of piperidine rings is 1. The van der Waals surface area contributed by atoms with Crippen molar-refractivity contribution in [3.8, 4) is 5.75 Å². The van der Waals surface area contributed by atoms with Crippen molar-refractivity contribution in [2.75, 3.05) is 60.2 Å². The maximum absolute atomic E-state index is 6.49. The number of morpholine rings is 1. The van der Waals surface area contributed by atoms with Crippen LogP contribution >= 0.6 is 0 Å². The molecule has 0 radical (unpaired) electrons. The monoisotopic (exact) mass is 428 g/mol. The summed E-state index contributed by atoms with van der Waals surface area (Å²) in [6, 6.07) is 8.78. The minimum Gasteiger partial charge on any atom is -0.497 e. The van der Waals surface area contributed by atoms with Crippen molar-refractivity contribution in [3.63, 3.8) is 0 Å². The summed E-state index contributed by atoms with van der Waals surface area (Å²) in [6.07, 6.45) is 7.63. The van der Waals surface area contributed by atoms with E-state index in [1.807, 2.05) is 12.1 Å². The summed E-state index contributed by atoms with van der Waals surface area (Å²) >= 11 is 0. The van der Waals surface area contributed by atoms with E-state index < -0.39 is 0 Å². The topological polar surface area (TPSA) is 52.2 Å². The van der Waals surface area contributed by atoms with E-state index in [0.717, 1.165) is 70.2 Å². The lowest BCUT2D eigenvalue weighted by molar-refractivity contribution is 0.0233. The van der Waals surface area contributed by atoms with E-state index in [-0.39, 0.29) is 6.10 Å². The Morgan fingerprint density at radius 3 is 2.84 bits per heavy atom. The molecule has 170 valence electrons. The van der Waals surface area contributed by atoms with Gasteiger partial charge >= 0.3 is 0 Å². The highest BCUT2D eigenvalue weighted by Crippen LogP contribution is 2.31. The molecule has 3 atom stereocenters. The molecule has 6 heteroatoms. The first-order chi connectivity index (χ1) is 15.3. The van der Waals surface area contributed by atoms with Crippen molar-refractivity contribution in [1.29, 1.82) is 0 Å². The molecule has 0 spiro atoms. The van der Waals surface area contributed by atoms with E-state index in [4.69, 9.17) is 18.9 Å². The van der Waals surface area contributed by atoms with Gasteiger partial charge in [0.15, 0.2) is 0 Å². The average Bonchev–Trinajstić information content (AvgIpc) is 2.83. The molecule has 0 saturated carbocycles. The van der Waals surface area contributed by atoms with Gasteiger partial charge in [0.05, 0.1) is 25.9 Å². The van der Waals surface area contributed by atoms with Gasteiger partial charge in [-0.25, -0.2) is 0 Å². The molecule has 1 aromatic carbocycles. The predicted molar refractivity (Wildman–Crippen MR) is 122 cm³/mol. The van der Waals surface area contributed by atoms with E-state index in [9.17, 15) is 0 Å². The standard InChI is InChI=1S/C25H36N2O4/c1-28-14-3-12-27-13-15-30-24-9-4-19(16-23(24)27)18-31-25-17-26-11-10-22(25)20-5-7-21(29-2)8-6-20/h4-9,22-23,25-26H,3,10-18H2,1-2H3/t22?,23?,25-/m0/s1. The van der Waals surface area contributed by atoms with Crippen LogP contribution in [0.15, 0.2) is 47.7 Å². The molecule has 1 aliphatic carbocycles. The quantitative estimate of drug-likeness (QED) is 0.610. The summed E-state index contributed by atoms with van der Waals surface area (Å²) in [6.45, 7) is 6.18.